The average molecular weight is 240 g/mol. The van der Waals surface area contributed by atoms with Gasteiger partial charge in [0, 0.05) is 32.3 Å². The second-order valence-electron chi connectivity index (χ2n) is 5.74. The summed E-state index contributed by atoms with van der Waals surface area (Å²) in [4.78, 5) is 2.64. The van der Waals surface area contributed by atoms with Crippen LogP contribution in [0.5, 0.6) is 0 Å². The Hall–Kier alpha value is -0.120. The lowest BCUT2D eigenvalue weighted by Gasteiger charge is -2.38. The van der Waals surface area contributed by atoms with Crippen LogP contribution in [0.15, 0.2) is 0 Å². The van der Waals surface area contributed by atoms with Gasteiger partial charge in [-0.05, 0) is 45.1 Å². The molecule has 0 aromatic carbocycles. The zero-order valence-electron chi connectivity index (χ0n) is 11.5. The molecular formula is C14H28N2O. The molecule has 0 bridgehead atoms. The lowest BCUT2D eigenvalue weighted by molar-refractivity contribution is 0.0999. The van der Waals surface area contributed by atoms with E-state index in [1.165, 1.54) is 38.8 Å². The highest BCUT2D eigenvalue weighted by molar-refractivity contribution is 4.79. The first-order valence-corrected chi connectivity index (χ1v) is 7.33. The third kappa shape index (κ3) is 3.94. The second kappa shape index (κ2) is 6.72. The molecule has 2 saturated heterocycles. The fourth-order valence-electron chi connectivity index (χ4n) is 3.03. The van der Waals surface area contributed by atoms with Crippen molar-refractivity contribution < 1.29 is 4.74 Å². The normalized spacial score (nSPS) is 35.3. The van der Waals surface area contributed by atoms with Crippen LogP contribution >= 0.6 is 0 Å². The minimum absolute atomic E-state index is 0.479. The fraction of sp³-hybridized carbons (Fsp3) is 1.00. The Bertz CT molecular complexity index is 216. The lowest BCUT2D eigenvalue weighted by atomic mass is 9.92. The third-order valence-corrected chi connectivity index (χ3v) is 4.48. The SMILES string of the molecule is CC1CCCN(CCNCC2CCCO2)C1C. The molecule has 2 rings (SSSR count). The molecule has 0 aliphatic carbocycles. The van der Waals surface area contributed by atoms with Crippen molar-refractivity contribution in [2.75, 3.05) is 32.8 Å². The minimum atomic E-state index is 0.479. The van der Waals surface area contributed by atoms with Gasteiger partial charge in [0.05, 0.1) is 6.10 Å². The van der Waals surface area contributed by atoms with E-state index in [4.69, 9.17) is 4.74 Å². The number of nitrogens with zero attached hydrogens (tertiary/aromatic N) is 1. The van der Waals surface area contributed by atoms with Crippen LogP contribution in [0.25, 0.3) is 0 Å². The van der Waals surface area contributed by atoms with E-state index in [2.05, 4.69) is 24.1 Å². The molecule has 2 aliphatic heterocycles. The Labute approximate surface area is 106 Å². The maximum absolute atomic E-state index is 5.61. The van der Waals surface area contributed by atoms with Gasteiger partial charge in [0.2, 0.25) is 0 Å². The van der Waals surface area contributed by atoms with Crippen LogP contribution in [0.4, 0.5) is 0 Å². The largest absolute Gasteiger partial charge is 0.377 e. The summed E-state index contributed by atoms with van der Waals surface area (Å²) in [6, 6.07) is 0.758. The molecule has 2 fully saturated rings. The van der Waals surface area contributed by atoms with Crippen molar-refractivity contribution in [2.45, 2.75) is 51.7 Å². The predicted molar refractivity (Wildman–Crippen MR) is 71.3 cm³/mol. The summed E-state index contributed by atoms with van der Waals surface area (Å²) < 4.78 is 5.61. The van der Waals surface area contributed by atoms with Crippen LogP contribution in [-0.2, 0) is 4.74 Å². The summed E-state index contributed by atoms with van der Waals surface area (Å²) in [6.45, 7) is 10.4. The lowest BCUT2D eigenvalue weighted by Crippen LogP contribution is -2.45. The zero-order valence-corrected chi connectivity index (χ0v) is 11.5. The standard InChI is InChI=1S/C14H28N2O/c1-12-5-3-8-16(13(12)2)9-7-15-11-14-6-4-10-17-14/h12-15H,3-11H2,1-2H3. The van der Waals surface area contributed by atoms with E-state index in [1.54, 1.807) is 0 Å². The molecule has 0 saturated carbocycles. The van der Waals surface area contributed by atoms with Crippen molar-refractivity contribution in [3.8, 4) is 0 Å². The van der Waals surface area contributed by atoms with Gasteiger partial charge < -0.3 is 10.1 Å². The van der Waals surface area contributed by atoms with Gasteiger partial charge in [0.25, 0.3) is 0 Å². The van der Waals surface area contributed by atoms with Crippen molar-refractivity contribution >= 4 is 0 Å². The van der Waals surface area contributed by atoms with Gasteiger partial charge in [-0.1, -0.05) is 6.92 Å². The summed E-state index contributed by atoms with van der Waals surface area (Å²) in [5.74, 6) is 0.863. The molecular weight excluding hydrogens is 212 g/mol. The van der Waals surface area contributed by atoms with Crippen molar-refractivity contribution in [2.24, 2.45) is 5.92 Å². The number of hydrogen-bond acceptors (Lipinski definition) is 3. The summed E-state index contributed by atoms with van der Waals surface area (Å²) in [5.41, 5.74) is 0. The maximum Gasteiger partial charge on any atom is 0.0700 e. The van der Waals surface area contributed by atoms with E-state index in [-0.39, 0.29) is 0 Å². The first-order valence-electron chi connectivity index (χ1n) is 7.33. The Morgan fingerprint density at radius 2 is 2.12 bits per heavy atom. The number of ether oxygens (including phenoxy) is 1. The van der Waals surface area contributed by atoms with Gasteiger partial charge >= 0.3 is 0 Å². The molecule has 1 N–H and O–H groups in total. The number of nitrogens with one attached hydrogen (secondary N) is 1. The molecule has 2 aliphatic rings. The number of hydrogen-bond donors (Lipinski definition) is 1. The molecule has 3 atom stereocenters. The van der Waals surface area contributed by atoms with Crippen LogP contribution in [0.2, 0.25) is 0 Å². The highest BCUT2D eigenvalue weighted by Gasteiger charge is 2.24. The van der Waals surface area contributed by atoms with Crippen LogP contribution in [-0.4, -0.2) is 49.8 Å². The molecule has 0 radical (unpaired) electrons. The van der Waals surface area contributed by atoms with Gasteiger partial charge in [-0.2, -0.15) is 0 Å². The molecule has 17 heavy (non-hydrogen) atoms. The third-order valence-electron chi connectivity index (χ3n) is 4.48. The molecule has 3 nitrogen and oxygen atoms in total. The van der Waals surface area contributed by atoms with E-state index >= 15 is 0 Å². The number of likely N-dealkylation sites (tertiary alicyclic amines) is 1. The van der Waals surface area contributed by atoms with E-state index in [1.807, 2.05) is 0 Å². The van der Waals surface area contributed by atoms with Crippen molar-refractivity contribution in [3.05, 3.63) is 0 Å². The molecule has 0 aromatic rings. The van der Waals surface area contributed by atoms with Crippen LogP contribution in [0, 0.1) is 5.92 Å². The fourth-order valence-corrected chi connectivity index (χ4v) is 3.03. The summed E-state index contributed by atoms with van der Waals surface area (Å²) in [5, 5.41) is 3.54. The first-order chi connectivity index (χ1) is 8.27. The highest BCUT2D eigenvalue weighted by atomic mass is 16.5. The Kier molecular flexibility index (Phi) is 5.26. The van der Waals surface area contributed by atoms with Crippen molar-refractivity contribution in [3.63, 3.8) is 0 Å². The van der Waals surface area contributed by atoms with Gasteiger partial charge in [0.15, 0.2) is 0 Å². The molecule has 3 heteroatoms. The highest BCUT2D eigenvalue weighted by Crippen LogP contribution is 2.22. The molecule has 0 amide bonds. The molecule has 0 aromatic heterocycles. The Morgan fingerprint density at radius 3 is 2.88 bits per heavy atom. The summed E-state index contributed by atoms with van der Waals surface area (Å²) >= 11 is 0. The van der Waals surface area contributed by atoms with Crippen LogP contribution in [0.1, 0.15) is 39.5 Å². The van der Waals surface area contributed by atoms with E-state index < -0.39 is 0 Å². The maximum atomic E-state index is 5.61. The molecule has 3 unspecified atom stereocenters. The minimum Gasteiger partial charge on any atom is -0.377 e. The van der Waals surface area contributed by atoms with Gasteiger partial charge in [-0.3, -0.25) is 4.90 Å². The zero-order chi connectivity index (χ0) is 12.1. The Balaban J connectivity index is 1.57. The first kappa shape index (κ1) is 13.3. The predicted octanol–water partition coefficient (Wildman–Crippen LogP) is 1.88. The molecule has 0 spiro atoms. The average Bonchev–Trinajstić information content (AvgIpc) is 2.83. The molecule has 2 heterocycles. The monoisotopic (exact) mass is 240 g/mol. The van der Waals surface area contributed by atoms with Gasteiger partial charge in [-0.25, -0.2) is 0 Å². The van der Waals surface area contributed by atoms with Crippen LogP contribution in [0.3, 0.4) is 0 Å². The smallest absolute Gasteiger partial charge is 0.0700 e. The second-order valence-corrected chi connectivity index (χ2v) is 5.74. The van der Waals surface area contributed by atoms with E-state index in [9.17, 15) is 0 Å². The van der Waals surface area contributed by atoms with Gasteiger partial charge in [0.1, 0.15) is 0 Å². The summed E-state index contributed by atoms with van der Waals surface area (Å²) in [6.07, 6.45) is 5.74. The van der Waals surface area contributed by atoms with Crippen molar-refractivity contribution in [1.82, 2.24) is 10.2 Å². The number of rotatable bonds is 5. The quantitative estimate of drug-likeness (QED) is 0.743. The van der Waals surface area contributed by atoms with E-state index in [0.29, 0.717) is 6.10 Å². The van der Waals surface area contributed by atoms with E-state index in [0.717, 1.165) is 31.7 Å². The number of piperidine rings is 1. The van der Waals surface area contributed by atoms with Crippen molar-refractivity contribution in [1.29, 1.82) is 0 Å². The summed E-state index contributed by atoms with van der Waals surface area (Å²) in [7, 11) is 0. The van der Waals surface area contributed by atoms with Crippen LogP contribution < -0.4 is 5.32 Å². The van der Waals surface area contributed by atoms with Gasteiger partial charge in [-0.15, -0.1) is 0 Å². The Morgan fingerprint density at radius 1 is 1.24 bits per heavy atom. The topological polar surface area (TPSA) is 24.5 Å². The molecule has 100 valence electrons.